The van der Waals surface area contributed by atoms with Crippen LogP contribution in [-0.4, -0.2) is 16.7 Å². The number of hydrogen-bond donors (Lipinski definition) is 0. The van der Waals surface area contributed by atoms with Gasteiger partial charge in [0.15, 0.2) is 17.3 Å². The van der Waals surface area contributed by atoms with Crippen LogP contribution in [0.4, 0.5) is 0 Å². The van der Waals surface area contributed by atoms with Gasteiger partial charge < -0.3 is 9.15 Å². The number of rotatable bonds is 5. The highest BCUT2D eigenvalue weighted by Crippen LogP contribution is 2.30. The van der Waals surface area contributed by atoms with Gasteiger partial charge in [-0.2, -0.15) is 0 Å². The topological polar surface area (TPSA) is 86.5 Å². The molecule has 35 heavy (non-hydrogen) atoms. The fraction of sp³-hybridized carbons (Fsp3) is 0.241. The largest absolute Gasteiger partial charge is 0.425 e. The molecule has 1 heterocycles. The highest BCUT2D eigenvalue weighted by atomic mass is 16.5. The molecule has 0 fully saturated rings. The first-order chi connectivity index (χ1) is 16.6. The molecule has 4 aromatic rings. The summed E-state index contributed by atoms with van der Waals surface area (Å²) in [6.07, 6.45) is 0. The number of ketones is 1. The van der Waals surface area contributed by atoms with E-state index in [1.165, 1.54) is 0 Å². The molecule has 4 rings (SSSR count). The van der Waals surface area contributed by atoms with Crippen LogP contribution in [0, 0.1) is 41.5 Å². The minimum atomic E-state index is -1.59. The van der Waals surface area contributed by atoms with Gasteiger partial charge in [-0.3, -0.25) is 9.59 Å². The summed E-state index contributed by atoms with van der Waals surface area (Å²) in [5, 5.41) is 0. The van der Waals surface area contributed by atoms with Crippen LogP contribution in [0.5, 0.6) is 5.75 Å². The zero-order valence-electron chi connectivity index (χ0n) is 20.7. The van der Waals surface area contributed by atoms with Crippen LogP contribution in [0.25, 0.3) is 11.1 Å². The van der Waals surface area contributed by atoms with Crippen molar-refractivity contribution in [1.29, 1.82) is 0 Å². The lowest BCUT2D eigenvalue weighted by atomic mass is 9.88. The number of nitrogens with zero attached hydrogens (tertiary/aromatic N) is 1. The number of para-hydroxylation sites is 2. The molecule has 1 unspecified atom stereocenters. The van der Waals surface area contributed by atoms with E-state index in [0.717, 1.165) is 22.3 Å². The molecule has 1 atom stereocenters. The fourth-order valence-corrected chi connectivity index (χ4v) is 4.69. The average Bonchev–Trinajstić information content (AvgIpc) is 2.76. The minimum Gasteiger partial charge on any atom is -0.425 e. The first-order valence-corrected chi connectivity index (χ1v) is 11.4. The Morgan fingerprint density at radius 1 is 0.829 bits per heavy atom. The number of hydrogen-bond acceptors (Lipinski definition) is 6. The summed E-state index contributed by atoms with van der Waals surface area (Å²) in [6.45, 7) is 11.2. The number of esters is 1. The van der Waals surface area contributed by atoms with Gasteiger partial charge in [-0.05, 0) is 75.9 Å². The maximum Gasteiger partial charge on any atom is 0.359 e. The Balaban J connectivity index is 1.90. The molecule has 0 saturated heterocycles. The van der Waals surface area contributed by atoms with Crippen molar-refractivity contribution in [3.8, 4) is 5.75 Å². The SMILES string of the molecule is Cc1cc(C)c(OC(=O)C(C(=O)c2c(C)cc(C)cc2C)c2nc3ccccc3oc2=O)c(C)c1. The number of aryl methyl sites for hydroxylation is 6. The molecule has 6 heteroatoms. The van der Waals surface area contributed by atoms with Crippen molar-refractivity contribution >= 4 is 22.9 Å². The van der Waals surface area contributed by atoms with Crippen LogP contribution in [0.15, 0.2) is 57.7 Å². The molecular formula is C29H27NO5. The number of benzene rings is 3. The van der Waals surface area contributed by atoms with Crippen LogP contribution >= 0.6 is 0 Å². The zero-order valence-corrected chi connectivity index (χ0v) is 20.7. The Bertz CT molecular complexity index is 1500. The maximum atomic E-state index is 13.9. The second-order valence-electron chi connectivity index (χ2n) is 9.07. The predicted octanol–water partition coefficient (Wildman–Crippen LogP) is 5.61. The number of carbonyl (C=O) groups excluding carboxylic acids is 2. The number of ether oxygens (including phenoxy) is 1. The summed E-state index contributed by atoms with van der Waals surface area (Å²) in [6, 6.07) is 14.2. The maximum absolute atomic E-state index is 13.9. The van der Waals surface area contributed by atoms with E-state index in [1.807, 2.05) is 52.0 Å². The fourth-order valence-electron chi connectivity index (χ4n) is 4.69. The highest BCUT2D eigenvalue weighted by Gasteiger charge is 2.37. The second kappa shape index (κ2) is 9.29. The second-order valence-corrected chi connectivity index (χ2v) is 9.07. The molecule has 3 aromatic carbocycles. The van der Waals surface area contributed by atoms with Gasteiger partial charge in [-0.25, -0.2) is 9.78 Å². The summed E-state index contributed by atoms with van der Waals surface area (Å²) >= 11 is 0. The van der Waals surface area contributed by atoms with E-state index in [-0.39, 0.29) is 11.3 Å². The lowest BCUT2D eigenvalue weighted by Crippen LogP contribution is -2.32. The smallest absolute Gasteiger partial charge is 0.359 e. The number of carbonyl (C=O) groups is 2. The van der Waals surface area contributed by atoms with Crippen molar-refractivity contribution in [2.75, 3.05) is 0 Å². The van der Waals surface area contributed by atoms with E-state index in [1.54, 1.807) is 38.1 Å². The third-order valence-electron chi connectivity index (χ3n) is 6.02. The van der Waals surface area contributed by atoms with Crippen LogP contribution in [-0.2, 0) is 4.79 Å². The van der Waals surface area contributed by atoms with Crippen molar-refractivity contribution in [1.82, 2.24) is 4.98 Å². The first kappa shape index (κ1) is 24.1. The quantitative estimate of drug-likeness (QED) is 0.163. The van der Waals surface area contributed by atoms with Gasteiger partial charge >= 0.3 is 11.6 Å². The third-order valence-corrected chi connectivity index (χ3v) is 6.02. The normalized spacial score (nSPS) is 11.9. The molecule has 0 spiro atoms. The predicted molar refractivity (Wildman–Crippen MR) is 134 cm³/mol. The zero-order chi connectivity index (χ0) is 25.4. The van der Waals surface area contributed by atoms with Crippen molar-refractivity contribution in [2.24, 2.45) is 0 Å². The van der Waals surface area contributed by atoms with Gasteiger partial charge in [0.1, 0.15) is 17.0 Å². The van der Waals surface area contributed by atoms with Crippen LogP contribution < -0.4 is 10.4 Å². The molecule has 6 nitrogen and oxygen atoms in total. The minimum absolute atomic E-state index is 0.272. The van der Waals surface area contributed by atoms with E-state index >= 15 is 0 Å². The Labute approximate surface area is 203 Å². The molecule has 0 amide bonds. The lowest BCUT2D eigenvalue weighted by molar-refractivity contribution is -0.135. The van der Waals surface area contributed by atoms with Crippen molar-refractivity contribution < 1.29 is 18.7 Å². The molecule has 0 aliphatic heterocycles. The van der Waals surface area contributed by atoms with Crippen molar-refractivity contribution in [3.05, 3.63) is 104 Å². The first-order valence-electron chi connectivity index (χ1n) is 11.4. The molecule has 0 saturated carbocycles. The van der Waals surface area contributed by atoms with Gasteiger partial charge in [0.25, 0.3) is 0 Å². The summed E-state index contributed by atoms with van der Waals surface area (Å²) in [5.74, 6) is -2.65. The molecule has 0 N–H and O–H groups in total. The summed E-state index contributed by atoms with van der Waals surface area (Å²) in [5.41, 5.74) is 4.80. The van der Waals surface area contributed by atoms with Crippen molar-refractivity contribution in [2.45, 2.75) is 47.5 Å². The molecule has 178 valence electrons. The summed E-state index contributed by atoms with van der Waals surface area (Å²) < 4.78 is 11.2. The number of aromatic nitrogens is 1. The van der Waals surface area contributed by atoms with Crippen LogP contribution in [0.1, 0.15) is 55.4 Å². The molecule has 0 bridgehead atoms. The Kier molecular flexibility index (Phi) is 6.39. The summed E-state index contributed by atoms with van der Waals surface area (Å²) in [4.78, 5) is 44.9. The Morgan fingerprint density at radius 2 is 1.37 bits per heavy atom. The van der Waals surface area contributed by atoms with Gasteiger partial charge in [-0.1, -0.05) is 47.5 Å². The Hall–Kier alpha value is -4.06. The van der Waals surface area contributed by atoms with E-state index in [9.17, 15) is 14.4 Å². The van der Waals surface area contributed by atoms with E-state index in [4.69, 9.17) is 9.15 Å². The molecule has 1 aromatic heterocycles. The third kappa shape index (κ3) is 4.64. The molecule has 0 aliphatic carbocycles. The lowest BCUT2D eigenvalue weighted by Gasteiger charge is -2.19. The average molecular weight is 470 g/mol. The highest BCUT2D eigenvalue weighted by molar-refractivity contribution is 6.14. The molecular weight excluding hydrogens is 442 g/mol. The van der Waals surface area contributed by atoms with Gasteiger partial charge in [-0.15, -0.1) is 0 Å². The number of Topliss-reactive ketones (excluding diaryl/α,β-unsaturated/α-hetero) is 1. The van der Waals surface area contributed by atoms with Gasteiger partial charge in [0, 0.05) is 5.56 Å². The monoisotopic (exact) mass is 469 g/mol. The number of fused-ring (bicyclic) bond motifs is 1. The standard InChI is InChI=1S/C29H27NO5/c1-15-11-17(3)23(18(4)12-15)26(31)24(25-29(33)34-22-10-8-7-9-21(22)30-25)28(32)35-27-19(5)13-16(2)14-20(27)6/h7-14,24H,1-6H3. The van der Waals surface area contributed by atoms with Crippen molar-refractivity contribution in [3.63, 3.8) is 0 Å². The van der Waals surface area contributed by atoms with Gasteiger partial charge in [0.05, 0.1) is 0 Å². The van der Waals surface area contributed by atoms with E-state index < -0.39 is 23.3 Å². The van der Waals surface area contributed by atoms with E-state index in [0.29, 0.717) is 28.0 Å². The van der Waals surface area contributed by atoms with E-state index in [2.05, 4.69) is 4.98 Å². The Morgan fingerprint density at radius 3 is 1.97 bits per heavy atom. The van der Waals surface area contributed by atoms with Crippen LogP contribution in [0.3, 0.4) is 0 Å². The van der Waals surface area contributed by atoms with Crippen LogP contribution in [0.2, 0.25) is 0 Å². The molecule has 0 aliphatic rings. The van der Waals surface area contributed by atoms with Gasteiger partial charge in [0.2, 0.25) is 0 Å². The molecule has 0 radical (unpaired) electrons. The summed E-state index contributed by atoms with van der Waals surface area (Å²) in [7, 11) is 0.